The predicted molar refractivity (Wildman–Crippen MR) is 67.9 cm³/mol. The lowest BCUT2D eigenvalue weighted by atomic mass is 10.1. The van der Waals surface area contributed by atoms with E-state index in [1.54, 1.807) is 0 Å². The number of carbonyl (C=O) groups excluding carboxylic acids is 1. The van der Waals surface area contributed by atoms with Gasteiger partial charge in [-0.2, -0.15) is 4.57 Å². The molecule has 0 bridgehead atoms. The van der Waals surface area contributed by atoms with Crippen LogP contribution in [0.15, 0.2) is 30.3 Å². The number of hydrogen-bond acceptors (Lipinski definition) is 2. The number of hydrogen-bond donors (Lipinski definition) is 0. The van der Waals surface area contributed by atoms with Crippen molar-refractivity contribution < 1.29 is 14.1 Å². The van der Waals surface area contributed by atoms with Gasteiger partial charge in [0.2, 0.25) is 11.6 Å². The van der Waals surface area contributed by atoms with Crippen molar-refractivity contribution in [2.75, 3.05) is 11.9 Å². The van der Waals surface area contributed by atoms with Gasteiger partial charge in [-0.05, 0) is 12.1 Å². The average Bonchev–Trinajstić information content (AvgIpc) is 2.82. The number of aromatic nitrogens is 1. The first kappa shape index (κ1) is 10.7. The number of alkyl halides is 1. The van der Waals surface area contributed by atoms with Crippen LogP contribution < -0.4 is 9.30 Å². The fraction of sp³-hybridized carbons (Fsp3) is 0.231. The van der Waals surface area contributed by atoms with Crippen LogP contribution in [0.2, 0.25) is 0 Å². The monoisotopic (exact) mass is 292 g/mol. The van der Waals surface area contributed by atoms with Crippen molar-refractivity contribution in [1.82, 2.24) is 0 Å². The van der Waals surface area contributed by atoms with Crippen molar-refractivity contribution in [1.29, 1.82) is 0 Å². The number of benzene rings is 1. The van der Waals surface area contributed by atoms with Crippen molar-refractivity contribution in [3.05, 3.63) is 35.9 Å². The highest BCUT2D eigenvalue weighted by atomic mass is 79.9. The Balaban J connectivity index is 2.39. The summed E-state index contributed by atoms with van der Waals surface area (Å²) in [5.41, 5.74) is 1.72. The summed E-state index contributed by atoms with van der Waals surface area (Å²) in [4.78, 5) is 11.1. The van der Waals surface area contributed by atoms with E-state index in [2.05, 4.69) is 26.6 Å². The van der Waals surface area contributed by atoms with Gasteiger partial charge in [0.25, 0.3) is 0 Å². The maximum absolute atomic E-state index is 11.1. The van der Waals surface area contributed by atoms with Crippen molar-refractivity contribution >= 4 is 33.1 Å². The van der Waals surface area contributed by atoms with Gasteiger partial charge in [-0.25, -0.2) is 0 Å². The molecule has 86 valence electrons. The second-order valence-corrected chi connectivity index (χ2v) is 4.72. The molecule has 0 saturated carbocycles. The molecule has 3 rings (SSSR count). The number of aldehydes is 1. The minimum Gasteiger partial charge on any atom is -0.437 e. The molecule has 0 radical (unpaired) electrons. The molecule has 4 heteroatoms. The van der Waals surface area contributed by atoms with Gasteiger partial charge in [0.15, 0.2) is 12.9 Å². The van der Waals surface area contributed by atoms with Crippen LogP contribution in [0.5, 0.6) is 5.88 Å². The van der Waals surface area contributed by atoms with Gasteiger partial charge >= 0.3 is 5.88 Å². The van der Waals surface area contributed by atoms with Crippen molar-refractivity contribution in [3.8, 4) is 5.88 Å². The fourth-order valence-corrected chi connectivity index (χ4v) is 2.75. The maximum Gasteiger partial charge on any atom is 0.379 e. The van der Waals surface area contributed by atoms with Gasteiger partial charge in [-0.3, -0.25) is 4.79 Å². The number of ether oxygens (including phenoxy) is 1. The number of halogens is 1. The molecule has 0 aliphatic carbocycles. The van der Waals surface area contributed by atoms with Gasteiger partial charge in [-0.15, -0.1) is 0 Å². The van der Waals surface area contributed by atoms with Crippen LogP contribution in [0.3, 0.4) is 0 Å². The third-order valence-corrected chi connectivity index (χ3v) is 3.80. The van der Waals surface area contributed by atoms with E-state index in [1.165, 1.54) is 0 Å². The zero-order valence-electron chi connectivity index (χ0n) is 9.10. The number of para-hydroxylation sites is 1. The van der Waals surface area contributed by atoms with Crippen LogP contribution in [0.25, 0.3) is 10.9 Å². The predicted octanol–water partition coefficient (Wildman–Crippen LogP) is 2.27. The molecule has 1 aliphatic heterocycles. The molecule has 0 amide bonds. The summed E-state index contributed by atoms with van der Waals surface area (Å²) in [5.74, 6) is 0.683. The lowest BCUT2D eigenvalue weighted by Crippen LogP contribution is -2.38. The quantitative estimate of drug-likeness (QED) is 0.483. The van der Waals surface area contributed by atoms with Crippen LogP contribution in [0.4, 0.5) is 0 Å². The lowest BCUT2D eigenvalue weighted by Gasteiger charge is -2.03. The van der Waals surface area contributed by atoms with Gasteiger partial charge in [0.1, 0.15) is 5.56 Å². The first-order valence-electron chi connectivity index (χ1n) is 5.46. The molecule has 2 heterocycles. The van der Waals surface area contributed by atoms with Crippen LogP contribution in [0, 0.1) is 0 Å². The molecule has 1 aliphatic rings. The number of rotatable bonds is 2. The van der Waals surface area contributed by atoms with Crippen molar-refractivity contribution in [2.45, 2.75) is 6.04 Å². The highest BCUT2D eigenvalue weighted by Crippen LogP contribution is 2.26. The summed E-state index contributed by atoms with van der Waals surface area (Å²) in [5, 5.41) is 1.88. The molecule has 1 unspecified atom stereocenters. The molecule has 3 nitrogen and oxygen atoms in total. The number of pyridine rings is 1. The Morgan fingerprint density at radius 3 is 3.06 bits per heavy atom. The largest absolute Gasteiger partial charge is 0.437 e. The minimum absolute atomic E-state index is 0.245. The Morgan fingerprint density at radius 1 is 1.47 bits per heavy atom. The third-order valence-electron chi connectivity index (χ3n) is 3.06. The standard InChI is InChI=1S/C13H11BrNO2/c14-6-11-8-17-13-10(7-16)5-9-3-1-2-4-12(9)15(11)13/h1-5,7,11H,6,8H2/q+1. The Kier molecular flexibility index (Phi) is 2.59. The Morgan fingerprint density at radius 2 is 2.29 bits per heavy atom. The number of nitrogens with zero attached hydrogens (tertiary/aromatic N) is 1. The van der Waals surface area contributed by atoms with E-state index in [1.807, 2.05) is 24.3 Å². The van der Waals surface area contributed by atoms with E-state index in [-0.39, 0.29) is 6.04 Å². The molecule has 0 fully saturated rings. The molecule has 1 atom stereocenters. The zero-order chi connectivity index (χ0) is 11.8. The van der Waals surface area contributed by atoms with E-state index in [4.69, 9.17) is 4.74 Å². The molecule has 0 saturated heterocycles. The molecule has 17 heavy (non-hydrogen) atoms. The van der Waals surface area contributed by atoms with Crippen LogP contribution in [-0.2, 0) is 0 Å². The summed E-state index contributed by atoms with van der Waals surface area (Å²) < 4.78 is 7.74. The van der Waals surface area contributed by atoms with Gasteiger partial charge in [0, 0.05) is 11.5 Å². The molecule has 0 spiro atoms. The van der Waals surface area contributed by atoms with E-state index in [0.717, 1.165) is 22.5 Å². The molecule has 0 N–H and O–H groups in total. The topological polar surface area (TPSA) is 30.2 Å². The zero-order valence-corrected chi connectivity index (χ0v) is 10.7. The Hall–Kier alpha value is -1.42. The van der Waals surface area contributed by atoms with Crippen molar-refractivity contribution in [3.63, 3.8) is 0 Å². The van der Waals surface area contributed by atoms with Gasteiger partial charge in [-0.1, -0.05) is 28.1 Å². The normalized spacial score (nSPS) is 17.8. The first-order chi connectivity index (χ1) is 8.35. The van der Waals surface area contributed by atoms with E-state index in [0.29, 0.717) is 18.1 Å². The van der Waals surface area contributed by atoms with E-state index < -0.39 is 0 Å². The first-order valence-corrected chi connectivity index (χ1v) is 6.58. The summed E-state index contributed by atoms with van der Waals surface area (Å²) in [7, 11) is 0. The lowest BCUT2D eigenvalue weighted by molar-refractivity contribution is -0.675. The third kappa shape index (κ3) is 1.55. The highest BCUT2D eigenvalue weighted by Gasteiger charge is 2.36. The second-order valence-electron chi connectivity index (χ2n) is 4.07. The molecule has 1 aromatic heterocycles. The number of fused-ring (bicyclic) bond motifs is 3. The summed E-state index contributed by atoms with van der Waals surface area (Å²) in [6, 6.07) is 10.2. The summed E-state index contributed by atoms with van der Waals surface area (Å²) in [6.07, 6.45) is 0.856. The highest BCUT2D eigenvalue weighted by molar-refractivity contribution is 9.09. The van der Waals surface area contributed by atoms with E-state index >= 15 is 0 Å². The van der Waals surface area contributed by atoms with Crippen LogP contribution in [0.1, 0.15) is 16.4 Å². The summed E-state index contributed by atoms with van der Waals surface area (Å²) in [6.45, 7) is 0.611. The summed E-state index contributed by atoms with van der Waals surface area (Å²) >= 11 is 3.49. The van der Waals surface area contributed by atoms with Crippen molar-refractivity contribution in [2.24, 2.45) is 0 Å². The Labute approximate surface area is 107 Å². The van der Waals surface area contributed by atoms with Crippen LogP contribution in [-0.4, -0.2) is 18.2 Å². The van der Waals surface area contributed by atoms with E-state index in [9.17, 15) is 4.79 Å². The molecular weight excluding hydrogens is 282 g/mol. The minimum atomic E-state index is 0.245. The van der Waals surface area contributed by atoms with Gasteiger partial charge in [0.05, 0.1) is 5.33 Å². The average molecular weight is 293 g/mol. The fourth-order valence-electron chi connectivity index (χ4n) is 2.27. The van der Waals surface area contributed by atoms with Gasteiger partial charge < -0.3 is 4.74 Å². The SMILES string of the molecule is O=Cc1cc2ccccc2[n+]2c1OCC2CBr. The second kappa shape index (κ2) is 4.11. The number of carbonyl (C=O) groups is 1. The molecular formula is C13H11BrNO2+. The smallest absolute Gasteiger partial charge is 0.379 e. The van der Waals surface area contributed by atoms with Crippen LogP contribution >= 0.6 is 15.9 Å². The molecule has 2 aromatic rings. The molecule has 1 aromatic carbocycles. The Bertz CT molecular complexity index is 597. The maximum atomic E-state index is 11.1.